The molecule has 0 radical (unpaired) electrons. The van der Waals surface area contributed by atoms with Crippen molar-refractivity contribution in [2.45, 2.75) is 26.8 Å². The van der Waals surface area contributed by atoms with E-state index >= 15 is 0 Å². The van der Waals surface area contributed by atoms with Crippen LogP contribution in [-0.2, 0) is 9.53 Å². The fourth-order valence-electron chi connectivity index (χ4n) is 4.63. The van der Waals surface area contributed by atoms with E-state index in [1.807, 2.05) is 13.0 Å². The molecule has 1 aliphatic rings. The molecular weight excluding hydrogens is 536 g/mol. The number of fused-ring (bicyclic) bond motifs is 1. The fourth-order valence-corrected chi connectivity index (χ4v) is 5.68. The predicted molar refractivity (Wildman–Crippen MR) is 151 cm³/mol. The van der Waals surface area contributed by atoms with Gasteiger partial charge < -0.3 is 28.4 Å². The summed E-state index contributed by atoms with van der Waals surface area (Å²) in [7, 11) is 6.12. The van der Waals surface area contributed by atoms with E-state index in [-0.39, 0.29) is 17.7 Å². The number of allylic oxidation sites excluding steroid dienone is 1. The molecule has 0 spiro atoms. The van der Waals surface area contributed by atoms with Gasteiger partial charge in [-0.2, -0.15) is 0 Å². The van der Waals surface area contributed by atoms with Gasteiger partial charge in [0.05, 0.1) is 57.5 Å². The van der Waals surface area contributed by atoms with E-state index in [9.17, 15) is 9.59 Å². The van der Waals surface area contributed by atoms with Crippen molar-refractivity contribution in [2.24, 2.45) is 4.99 Å². The van der Waals surface area contributed by atoms with Crippen molar-refractivity contribution in [1.29, 1.82) is 0 Å². The average molecular weight is 569 g/mol. The first kappa shape index (κ1) is 28.8. The van der Waals surface area contributed by atoms with Gasteiger partial charge in [0.15, 0.2) is 27.8 Å². The van der Waals surface area contributed by atoms with E-state index in [4.69, 9.17) is 28.4 Å². The zero-order valence-corrected chi connectivity index (χ0v) is 24.3. The molecule has 0 aliphatic carbocycles. The van der Waals surface area contributed by atoms with Gasteiger partial charge in [-0.1, -0.05) is 23.5 Å². The van der Waals surface area contributed by atoms with Crippen LogP contribution in [0, 0.1) is 0 Å². The van der Waals surface area contributed by atoms with Gasteiger partial charge in [-0.3, -0.25) is 9.36 Å². The lowest BCUT2D eigenvalue weighted by atomic mass is 9.94. The van der Waals surface area contributed by atoms with Gasteiger partial charge in [-0.05, 0) is 50.6 Å². The normalized spacial score (nSPS) is 14.8. The highest BCUT2D eigenvalue weighted by atomic mass is 32.1. The van der Waals surface area contributed by atoms with Crippen LogP contribution >= 0.6 is 11.3 Å². The maximum Gasteiger partial charge on any atom is 0.338 e. The third kappa shape index (κ3) is 5.16. The number of esters is 1. The summed E-state index contributed by atoms with van der Waals surface area (Å²) in [6.07, 6.45) is 1.73. The number of benzene rings is 2. The van der Waals surface area contributed by atoms with Crippen molar-refractivity contribution in [3.05, 3.63) is 72.4 Å². The molecule has 3 aromatic rings. The molecule has 2 aromatic carbocycles. The Morgan fingerprint density at radius 1 is 0.975 bits per heavy atom. The van der Waals surface area contributed by atoms with Gasteiger partial charge in [0, 0.05) is 5.56 Å². The minimum Gasteiger partial charge on any atom is -0.493 e. The van der Waals surface area contributed by atoms with E-state index in [1.54, 1.807) is 44.2 Å². The van der Waals surface area contributed by atoms with Crippen molar-refractivity contribution in [2.75, 3.05) is 41.7 Å². The second-order valence-corrected chi connectivity index (χ2v) is 9.58. The van der Waals surface area contributed by atoms with Gasteiger partial charge in [-0.25, -0.2) is 9.79 Å². The zero-order valence-electron chi connectivity index (χ0n) is 23.5. The minimum absolute atomic E-state index is 0.171. The second-order valence-electron chi connectivity index (χ2n) is 8.57. The van der Waals surface area contributed by atoms with Crippen LogP contribution in [0.2, 0.25) is 0 Å². The predicted octanol–water partition coefficient (Wildman–Crippen LogP) is 3.23. The maximum atomic E-state index is 14.0. The van der Waals surface area contributed by atoms with Crippen molar-refractivity contribution in [3.8, 4) is 28.7 Å². The first-order valence-corrected chi connectivity index (χ1v) is 13.4. The molecule has 2 heterocycles. The molecule has 1 aliphatic heterocycles. The molecule has 212 valence electrons. The zero-order chi connectivity index (χ0) is 29.0. The number of hydrogen-bond donors (Lipinski definition) is 0. The molecule has 40 heavy (non-hydrogen) atoms. The number of nitrogens with zero attached hydrogens (tertiary/aromatic N) is 2. The first-order chi connectivity index (χ1) is 19.3. The summed E-state index contributed by atoms with van der Waals surface area (Å²) in [5, 5.41) is 0. The molecule has 1 atom stereocenters. The summed E-state index contributed by atoms with van der Waals surface area (Å²) < 4.78 is 35.2. The van der Waals surface area contributed by atoms with Gasteiger partial charge in [0.2, 0.25) is 5.75 Å². The van der Waals surface area contributed by atoms with Crippen LogP contribution in [0.5, 0.6) is 28.7 Å². The van der Waals surface area contributed by atoms with Crippen LogP contribution in [0.1, 0.15) is 37.9 Å². The SMILES string of the molecule is CCOC(=O)C1=C(C)N=c2s/c(=C/c3cc(OC)c(OC)c(OC)c3)c(=O)n2[C@@H]1c1cccc(OC)c1OCC. The number of carbonyl (C=O) groups excluding carboxylic acids is 1. The molecule has 0 bridgehead atoms. The van der Waals surface area contributed by atoms with E-state index in [0.29, 0.717) is 61.5 Å². The molecule has 0 saturated heterocycles. The standard InChI is InChI=1S/C29H32N2O8S/c1-8-38-25-18(11-10-12-19(25)34-4)24-23(28(33)39-9-2)16(3)30-29-31(24)27(32)22(40-29)15-17-13-20(35-5)26(37-7)21(14-17)36-6/h10-15,24H,8-9H2,1-7H3/b22-15+/t24-/m1/s1. The molecule has 0 amide bonds. The highest BCUT2D eigenvalue weighted by Crippen LogP contribution is 2.41. The summed E-state index contributed by atoms with van der Waals surface area (Å²) in [6.45, 7) is 5.84. The van der Waals surface area contributed by atoms with Gasteiger partial charge in [0.1, 0.15) is 6.04 Å². The van der Waals surface area contributed by atoms with Crippen molar-refractivity contribution < 1.29 is 33.2 Å². The first-order valence-electron chi connectivity index (χ1n) is 12.6. The van der Waals surface area contributed by atoms with Gasteiger partial charge in [-0.15, -0.1) is 0 Å². The van der Waals surface area contributed by atoms with E-state index in [0.717, 1.165) is 0 Å². The molecule has 0 fully saturated rings. The summed E-state index contributed by atoms with van der Waals surface area (Å²) in [5.41, 5.74) is 1.62. The third-order valence-electron chi connectivity index (χ3n) is 6.31. The van der Waals surface area contributed by atoms with Crippen LogP contribution in [0.15, 0.2) is 51.4 Å². The molecule has 4 rings (SSSR count). The number of para-hydroxylation sites is 1. The van der Waals surface area contributed by atoms with Gasteiger partial charge in [0.25, 0.3) is 5.56 Å². The maximum absolute atomic E-state index is 14.0. The summed E-state index contributed by atoms with van der Waals surface area (Å²) in [6, 6.07) is 8.02. The van der Waals surface area contributed by atoms with Crippen LogP contribution < -0.4 is 38.6 Å². The number of rotatable bonds is 10. The molecular formula is C29H32N2O8S. The number of carbonyl (C=O) groups is 1. The van der Waals surface area contributed by atoms with Crippen LogP contribution in [-0.4, -0.2) is 52.2 Å². The van der Waals surface area contributed by atoms with E-state index in [2.05, 4.69) is 4.99 Å². The number of ether oxygens (including phenoxy) is 6. The largest absolute Gasteiger partial charge is 0.493 e. The highest BCUT2D eigenvalue weighted by molar-refractivity contribution is 7.07. The summed E-state index contributed by atoms with van der Waals surface area (Å²) >= 11 is 1.21. The van der Waals surface area contributed by atoms with Crippen LogP contribution in [0.3, 0.4) is 0 Å². The Balaban J connectivity index is 2.01. The Morgan fingerprint density at radius 3 is 2.23 bits per heavy atom. The molecule has 0 unspecified atom stereocenters. The average Bonchev–Trinajstić information content (AvgIpc) is 3.25. The smallest absolute Gasteiger partial charge is 0.338 e. The quantitative estimate of drug-likeness (QED) is 0.343. The van der Waals surface area contributed by atoms with Gasteiger partial charge >= 0.3 is 5.97 Å². The Labute approximate surface area is 235 Å². The minimum atomic E-state index is -0.853. The Morgan fingerprint density at radius 2 is 1.65 bits per heavy atom. The lowest BCUT2D eigenvalue weighted by Gasteiger charge is -2.26. The number of methoxy groups -OCH3 is 4. The lowest BCUT2D eigenvalue weighted by Crippen LogP contribution is -2.40. The molecule has 0 saturated carbocycles. The summed E-state index contributed by atoms with van der Waals surface area (Å²) in [4.78, 5) is 32.4. The molecule has 11 heteroatoms. The van der Waals surface area contributed by atoms with E-state index in [1.165, 1.54) is 44.3 Å². The Kier molecular flexibility index (Phi) is 8.83. The number of thiazole rings is 1. The Hall–Kier alpha value is -4.25. The second kappa shape index (κ2) is 12.3. The third-order valence-corrected chi connectivity index (χ3v) is 7.30. The van der Waals surface area contributed by atoms with Crippen LogP contribution in [0.4, 0.5) is 0 Å². The van der Waals surface area contributed by atoms with Crippen molar-refractivity contribution in [3.63, 3.8) is 0 Å². The topological polar surface area (TPSA) is 107 Å². The monoisotopic (exact) mass is 568 g/mol. The fraction of sp³-hybridized carbons (Fsp3) is 0.345. The summed E-state index contributed by atoms with van der Waals surface area (Å²) in [5.74, 6) is 1.72. The molecule has 1 aromatic heterocycles. The molecule has 0 N–H and O–H groups in total. The number of hydrogen-bond acceptors (Lipinski definition) is 10. The van der Waals surface area contributed by atoms with Crippen LogP contribution in [0.25, 0.3) is 6.08 Å². The molecule has 10 nitrogen and oxygen atoms in total. The van der Waals surface area contributed by atoms with Crippen molar-refractivity contribution in [1.82, 2.24) is 4.57 Å². The number of aromatic nitrogens is 1. The van der Waals surface area contributed by atoms with Crippen molar-refractivity contribution >= 4 is 23.4 Å². The lowest BCUT2D eigenvalue weighted by molar-refractivity contribution is -0.139. The highest BCUT2D eigenvalue weighted by Gasteiger charge is 2.36. The van der Waals surface area contributed by atoms with E-state index < -0.39 is 12.0 Å². The Bertz CT molecular complexity index is 1610.